The zero-order chi connectivity index (χ0) is 15.6. The number of thiophene rings is 1. The second kappa shape index (κ2) is 6.02. The Labute approximate surface area is 129 Å². The summed E-state index contributed by atoms with van der Waals surface area (Å²) < 4.78 is 38.6. The molecule has 1 heterocycles. The maximum Gasteiger partial charge on any atom is 0.416 e. The van der Waals surface area contributed by atoms with E-state index in [-0.39, 0.29) is 5.69 Å². The summed E-state index contributed by atoms with van der Waals surface area (Å²) in [7, 11) is 0. The van der Waals surface area contributed by atoms with Crippen molar-refractivity contribution in [3.8, 4) is 0 Å². The maximum absolute atomic E-state index is 12.6. The van der Waals surface area contributed by atoms with E-state index in [1.54, 1.807) is 0 Å². The van der Waals surface area contributed by atoms with Gasteiger partial charge in [0, 0.05) is 27.3 Å². The Bertz CT molecular complexity index is 673. The fourth-order valence-electron chi connectivity index (χ4n) is 1.64. The highest BCUT2D eigenvalue weighted by Crippen LogP contribution is 2.35. The van der Waals surface area contributed by atoms with Crippen LogP contribution in [0, 0.1) is 10.1 Å². The third-order valence-corrected chi connectivity index (χ3v) is 4.29. The standard InChI is InChI=1S/C12H8BrF3N2O2S/c13-8-4-9(21-6-8)5-17-10-2-1-7(12(14,15)16)3-11(10)18(19)20/h1-4,6,17H,5H2. The van der Waals surface area contributed by atoms with Gasteiger partial charge in [0.25, 0.3) is 5.69 Å². The van der Waals surface area contributed by atoms with Gasteiger partial charge in [0.15, 0.2) is 0 Å². The molecule has 0 aliphatic rings. The van der Waals surface area contributed by atoms with Gasteiger partial charge >= 0.3 is 6.18 Å². The molecule has 1 N–H and O–H groups in total. The zero-order valence-electron chi connectivity index (χ0n) is 10.3. The molecule has 2 rings (SSSR count). The molecule has 2 aromatic rings. The minimum absolute atomic E-state index is 0.0533. The van der Waals surface area contributed by atoms with Gasteiger partial charge in [-0.15, -0.1) is 11.3 Å². The fraction of sp³-hybridized carbons (Fsp3) is 0.167. The molecule has 0 aliphatic heterocycles. The average molecular weight is 381 g/mol. The van der Waals surface area contributed by atoms with Crippen molar-refractivity contribution >= 4 is 38.6 Å². The number of nitro groups is 1. The van der Waals surface area contributed by atoms with E-state index >= 15 is 0 Å². The minimum atomic E-state index is -4.61. The van der Waals surface area contributed by atoms with Gasteiger partial charge in [-0.3, -0.25) is 10.1 Å². The number of nitrogens with zero attached hydrogens (tertiary/aromatic N) is 1. The van der Waals surface area contributed by atoms with Crippen LogP contribution in [-0.4, -0.2) is 4.92 Å². The van der Waals surface area contributed by atoms with Crippen LogP contribution in [0.4, 0.5) is 24.5 Å². The van der Waals surface area contributed by atoms with Crippen LogP contribution in [0.3, 0.4) is 0 Å². The van der Waals surface area contributed by atoms with Crippen molar-refractivity contribution in [1.82, 2.24) is 0 Å². The number of nitrogens with one attached hydrogen (secondary N) is 1. The van der Waals surface area contributed by atoms with Crippen LogP contribution >= 0.6 is 27.3 Å². The number of alkyl halides is 3. The maximum atomic E-state index is 12.6. The molecule has 1 aromatic heterocycles. The predicted molar refractivity (Wildman–Crippen MR) is 77.4 cm³/mol. The number of hydrogen-bond acceptors (Lipinski definition) is 4. The third kappa shape index (κ3) is 3.94. The van der Waals surface area contributed by atoms with Crippen molar-refractivity contribution in [2.45, 2.75) is 12.7 Å². The van der Waals surface area contributed by atoms with E-state index < -0.39 is 22.4 Å². The van der Waals surface area contributed by atoms with E-state index in [9.17, 15) is 23.3 Å². The Morgan fingerprint density at radius 3 is 2.57 bits per heavy atom. The van der Waals surface area contributed by atoms with Crippen LogP contribution in [0.2, 0.25) is 0 Å². The predicted octanol–water partition coefficient (Wildman–Crippen LogP) is 5.05. The van der Waals surface area contributed by atoms with Crippen molar-refractivity contribution in [2.75, 3.05) is 5.32 Å². The van der Waals surface area contributed by atoms with Gasteiger partial charge in [0.05, 0.1) is 10.5 Å². The second-order valence-corrected chi connectivity index (χ2v) is 5.98. The summed E-state index contributed by atoms with van der Waals surface area (Å²) in [4.78, 5) is 11.0. The summed E-state index contributed by atoms with van der Waals surface area (Å²) in [5, 5.41) is 15.5. The number of hydrogen-bond donors (Lipinski definition) is 1. The monoisotopic (exact) mass is 380 g/mol. The van der Waals surface area contributed by atoms with Crippen LogP contribution in [0.15, 0.2) is 34.1 Å². The molecule has 0 radical (unpaired) electrons. The molecule has 0 amide bonds. The minimum Gasteiger partial charge on any atom is -0.375 e. The number of benzene rings is 1. The molecule has 4 nitrogen and oxygen atoms in total. The largest absolute Gasteiger partial charge is 0.416 e. The van der Waals surface area contributed by atoms with E-state index in [1.165, 1.54) is 11.3 Å². The highest BCUT2D eigenvalue weighted by atomic mass is 79.9. The SMILES string of the molecule is O=[N+]([O-])c1cc(C(F)(F)F)ccc1NCc1cc(Br)cs1. The fourth-order valence-corrected chi connectivity index (χ4v) is 3.03. The molecule has 0 unspecified atom stereocenters. The van der Waals surface area contributed by atoms with Gasteiger partial charge in [-0.2, -0.15) is 13.2 Å². The molecule has 0 spiro atoms. The third-order valence-electron chi connectivity index (χ3n) is 2.60. The summed E-state index contributed by atoms with van der Waals surface area (Å²) in [6.07, 6.45) is -4.61. The lowest BCUT2D eigenvalue weighted by Crippen LogP contribution is -2.07. The van der Waals surface area contributed by atoms with Crippen molar-refractivity contribution < 1.29 is 18.1 Å². The molecular weight excluding hydrogens is 373 g/mol. The van der Waals surface area contributed by atoms with Gasteiger partial charge in [0.1, 0.15) is 5.69 Å². The Morgan fingerprint density at radius 2 is 2.05 bits per heavy atom. The summed E-state index contributed by atoms with van der Waals surface area (Å²) in [6, 6.07) is 4.25. The topological polar surface area (TPSA) is 55.2 Å². The van der Waals surface area contributed by atoms with Crippen LogP contribution in [-0.2, 0) is 12.7 Å². The molecular formula is C12H8BrF3N2O2S. The Hall–Kier alpha value is -1.61. The van der Waals surface area contributed by atoms with Crippen LogP contribution in [0.1, 0.15) is 10.4 Å². The molecule has 9 heteroatoms. The summed E-state index contributed by atoms with van der Waals surface area (Å²) in [5.41, 5.74) is -1.59. The van der Waals surface area contributed by atoms with Gasteiger partial charge in [-0.05, 0) is 34.1 Å². The number of nitro benzene ring substituents is 1. The van der Waals surface area contributed by atoms with Crippen LogP contribution < -0.4 is 5.32 Å². The second-order valence-electron chi connectivity index (χ2n) is 4.07. The van der Waals surface area contributed by atoms with Crippen molar-refractivity contribution in [1.29, 1.82) is 0 Å². The Balaban J connectivity index is 2.24. The lowest BCUT2D eigenvalue weighted by molar-refractivity contribution is -0.384. The molecule has 0 atom stereocenters. The molecule has 1 aromatic carbocycles. The summed E-state index contributed by atoms with van der Waals surface area (Å²) in [6.45, 7) is 0.294. The lowest BCUT2D eigenvalue weighted by atomic mass is 10.1. The molecule has 0 saturated carbocycles. The average Bonchev–Trinajstić information content (AvgIpc) is 2.80. The smallest absolute Gasteiger partial charge is 0.375 e. The zero-order valence-corrected chi connectivity index (χ0v) is 12.7. The molecule has 21 heavy (non-hydrogen) atoms. The van der Waals surface area contributed by atoms with Gasteiger partial charge in [0.2, 0.25) is 0 Å². The van der Waals surface area contributed by atoms with E-state index in [1.807, 2.05) is 11.4 Å². The summed E-state index contributed by atoms with van der Waals surface area (Å²) in [5.74, 6) is 0. The first-order valence-electron chi connectivity index (χ1n) is 5.60. The first kappa shape index (κ1) is 15.8. The van der Waals surface area contributed by atoms with E-state index in [0.717, 1.165) is 21.5 Å². The van der Waals surface area contributed by atoms with Crippen molar-refractivity contribution in [2.24, 2.45) is 0 Å². The van der Waals surface area contributed by atoms with Crippen LogP contribution in [0.5, 0.6) is 0 Å². The number of halogens is 4. The van der Waals surface area contributed by atoms with Crippen molar-refractivity contribution in [3.05, 3.63) is 54.7 Å². The Morgan fingerprint density at radius 1 is 1.33 bits per heavy atom. The molecule has 0 aliphatic carbocycles. The normalized spacial score (nSPS) is 11.4. The molecule has 0 saturated heterocycles. The number of rotatable bonds is 4. The van der Waals surface area contributed by atoms with E-state index in [0.29, 0.717) is 12.6 Å². The highest BCUT2D eigenvalue weighted by molar-refractivity contribution is 9.10. The number of anilines is 1. The highest BCUT2D eigenvalue weighted by Gasteiger charge is 2.32. The van der Waals surface area contributed by atoms with Crippen molar-refractivity contribution in [3.63, 3.8) is 0 Å². The molecule has 0 bridgehead atoms. The van der Waals surface area contributed by atoms with Gasteiger partial charge in [-0.25, -0.2) is 0 Å². The summed E-state index contributed by atoms with van der Waals surface area (Å²) >= 11 is 4.71. The first-order chi connectivity index (χ1) is 9.77. The first-order valence-corrected chi connectivity index (χ1v) is 7.27. The quantitative estimate of drug-likeness (QED) is 0.596. The van der Waals surface area contributed by atoms with E-state index in [4.69, 9.17) is 0 Å². The van der Waals surface area contributed by atoms with Gasteiger partial charge in [-0.1, -0.05) is 0 Å². The van der Waals surface area contributed by atoms with Crippen LogP contribution in [0.25, 0.3) is 0 Å². The molecule has 0 fully saturated rings. The Kier molecular flexibility index (Phi) is 4.52. The van der Waals surface area contributed by atoms with E-state index in [2.05, 4.69) is 21.2 Å². The molecule has 112 valence electrons. The van der Waals surface area contributed by atoms with Gasteiger partial charge < -0.3 is 5.32 Å². The lowest BCUT2D eigenvalue weighted by Gasteiger charge is -2.10.